The van der Waals surface area contributed by atoms with Crippen LogP contribution in [0, 0.1) is 0 Å². The average molecular weight is 270 g/mol. The van der Waals surface area contributed by atoms with Gasteiger partial charge in [-0.1, -0.05) is 0 Å². The molecule has 0 aliphatic carbocycles. The molecule has 0 aromatic carbocycles. The maximum atomic E-state index is 11.5. The summed E-state index contributed by atoms with van der Waals surface area (Å²) in [5, 5.41) is 19.6. The van der Waals surface area contributed by atoms with Crippen LogP contribution in [0.5, 0.6) is 0 Å². The number of carbonyl (C=O) groups is 3. The number of amides is 3. The van der Waals surface area contributed by atoms with E-state index in [0.717, 1.165) is 0 Å². The molecule has 104 valence electrons. The summed E-state index contributed by atoms with van der Waals surface area (Å²) < 4.78 is 0. The van der Waals surface area contributed by atoms with Gasteiger partial charge in [-0.05, 0) is 6.92 Å². The molecular formula is C9H14N6O4. The number of aliphatic carboxylic acids is 1. The number of hydrogen-bond donors (Lipinski definition) is 5. The third-order valence-corrected chi connectivity index (χ3v) is 2.20. The van der Waals surface area contributed by atoms with E-state index >= 15 is 0 Å². The Morgan fingerprint density at radius 3 is 2.63 bits per heavy atom. The molecule has 19 heavy (non-hydrogen) atoms. The molecule has 0 aliphatic rings. The lowest BCUT2D eigenvalue weighted by Crippen LogP contribution is -2.48. The molecule has 0 spiro atoms. The Morgan fingerprint density at radius 1 is 1.47 bits per heavy atom. The average Bonchev–Trinajstić information content (AvgIpc) is 2.80. The van der Waals surface area contributed by atoms with E-state index < -0.39 is 36.4 Å². The number of nitrogens with zero attached hydrogens (tertiary/aromatic N) is 2. The van der Waals surface area contributed by atoms with E-state index in [2.05, 4.69) is 25.8 Å². The van der Waals surface area contributed by atoms with Gasteiger partial charge in [0.2, 0.25) is 5.91 Å². The van der Waals surface area contributed by atoms with Crippen LogP contribution < -0.4 is 16.4 Å². The molecule has 0 fully saturated rings. The Morgan fingerprint density at radius 2 is 2.16 bits per heavy atom. The molecule has 3 amide bonds. The second-order valence-corrected chi connectivity index (χ2v) is 3.77. The van der Waals surface area contributed by atoms with E-state index in [1.165, 1.54) is 6.33 Å². The number of carboxylic acids is 1. The SMILES string of the molecule is CC(NC(=O)N[C@@H](CC(N)=O)C(=O)O)c1ncn[nH]1. The van der Waals surface area contributed by atoms with Gasteiger partial charge in [-0.25, -0.2) is 14.6 Å². The predicted octanol–water partition coefficient (Wildman–Crippen LogP) is -1.51. The first kappa shape index (κ1) is 14.4. The lowest BCUT2D eigenvalue weighted by molar-refractivity contribution is -0.140. The lowest BCUT2D eigenvalue weighted by Gasteiger charge is -2.16. The highest BCUT2D eigenvalue weighted by molar-refractivity contribution is 5.87. The number of carboxylic acid groups (broad SMARTS) is 1. The molecule has 1 unspecified atom stereocenters. The lowest BCUT2D eigenvalue weighted by atomic mass is 10.2. The number of primary amides is 1. The van der Waals surface area contributed by atoms with Crippen molar-refractivity contribution in [1.82, 2.24) is 25.8 Å². The maximum Gasteiger partial charge on any atom is 0.326 e. The Bertz CT molecular complexity index is 459. The quantitative estimate of drug-likeness (QED) is 0.422. The second-order valence-electron chi connectivity index (χ2n) is 3.77. The molecule has 1 aromatic heterocycles. The van der Waals surface area contributed by atoms with Crippen molar-refractivity contribution in [1.29, 1.82) is 0 Å². The Kier molecular flexibility index (Phi) is 4.80. The van der Waals surface area contributed by atoms with Crippen LogP contribution in [0.4, 0.5) is 4.79 Å². The van der Waals surface area contributed by atoms with E-state index in [0.29, 0.717) is 5.82 Å². The first-order valence-corrected chi connectivity index (χ1v) is 5.33. The molecule has 1 rings (SSSR count). The van der Waals surface area contributed by atoms with Gasteiger partial charge in [0.15, 0.2) is 0 Å². The minimum atomic E-state index is -1.38. The van der Waals surface area contributed by atoms with Crippen LogP contribution in [-0.4, -0.2) is 44.2 Å². The first-order valence-electron chi connectivity index (χ1n) is 5.33. The third kappa shape index (κ3) is 4.61. The summed E-state index contributed by atoms with van der Waals surface area (Å²) in [7, 11) is 0. The number of H-pyrrole nitrogens is 1. The second kappa shape index (κ2) is 6.33. The number of hydrogen-bond acceptors (Lipinski definition) is 5. The van der Waals surface area contributed by atoms with Gasteiger partial charge in [0.05, 0.1) is 12.5 Å². The summed E-state index contributed by atoms with van der Waals surface area (Å²) in [6.07, 6.45) is 0.790. The summed E-state index contributed by atoms with van der Waals surface area (Å²) >= 11 is 0. The van der Waals surface area contributed by atoms with E-state index in [4.69, 9.17) is 10.8 Å². The standard InChI is InChI=1S/C9H14N6O4/c1-4(7-11-3-12-15-7)13-9(19)14-5(8(17)18)2-6(10)16/h3-5H,2H2,1H3,(H2,10,16)(H,17,18)(H,11,12,15)(H2,13,14,19)/t4?,5-/m0/s1. The minimum Gasteiger partial charge on any atom is -0.480 e. The van der Waals surface area contributed by atoms with Gasteiger partial charge in [0, 0.05) is 0 Å². The Balaban J connectivity index is 2.53. The molecule has 10 heteroatoms. The molecule has 6 N–H and O–H groups in total. The molecule has 10 nitrogen and oxygen atoms in total. The fourth-order valence-electron chi connectivity index (χ4n) is 1.29. The fraction of sp³-hybridized carbons (Fsp3) is 0.444. The molecule has 0 radical (unpaired) electrons. The normalized spacial score (nSPS) is 13.3. The van der Waals surface area contributed by atoms with Crippen LogP contribution in [0.3, 0.4) is 0 Å². The van der Waals surface area contributed by atoms with Crippen molar-refractivity contribution >= 4 is 17.9 Å². The zero-order chi connectivity index (χ0) is 14.4. The molecule has 0 saturated carbocycles. The van der Waals surface area contributed by atoms with E-state index in [1.807, 2.05) is 0 Å². The smallest absolute Gasteiger partial charge is 0.326 e. The summed E-state index contributed by atoms with van der Waals surface area (Å²) in [6, 6.07) is -2.62. The van der Waals surface area contributed by atoms with Crippen molar-refractivity contribution in [3.8, 4) is 0 Å². The number of aromatic nitrogens is 3. The van der Waals surface area contributed by atoms with Crippen LogP contribution in [0.2, 0.25) is 0 Å². The van der Waals surface area contributed by atoms with Gasteiger partial charge in [0.25, 0.3) is 0 Å². The zero-order valence-electron chi connectivity index (χ0n) is 10.1. The van der Waals surface area contributed by atoms with Crippen molar-refractivity contribution in [2.75, 3.05) is 0 Å². The highest BCUT2D eigenvalue weighted by atomic mass is 16.4. The highest BCUT2D eigenvalue weighted by Gasteiger charge is 2.23. The van der Waals surface area contributed by atoms with Crippen molar-refractivity contribution < 1.29 is 19.5 Å². The Hall–Kier alpha value is -2.65. The topological polar surface area (TPSA) is 163 Å². The molecule has 0 bridgehead atoms. The number of rotatable bonds is 6. The molecule has 2 atom stereocenters. The number of urea groups is 1. The predicted molar refractivity (Wildman–Crippen MR) is 61.7 cm³/mol. The van der Waals surface area contributed by atoms with Gasteiger partial charge >= 0.3 is 12.0 Å². The number of carbonyl (C=O) groups excluding carboxylic acids is 2. The monoisotopic (exact) mass is 270 g/mol. The van der Waals surface area contributed by atoms with Gasteiger partial charge in [-0.3, -0.25) is 9.89 Å². The number of nitrogens with one attached hydrogen (secondary N) is 3. The van der Waals surface area contributed by atoms with E-state index in [-0.39, 0.29) is 0 Å². The van der Waals surface area contributed by atoms with Gasteiger partial charge < -0.3 is 21.5 Å². The first-order chi connectivity index (χ1) is 8.90. The molecule has 1 aromatic rings. The van der Waals surface area contributed by atoms with E-state index in [1.54, 1.807) is 6.92 Å². The van der Waals surface area contributed by atoms with E-state index in [9.17, 15) is 14.4 Å². The van der Waals surface area contributed by atoms with Crippen LogP contribution in [0.15, 0.2) is 6.33 Å². The summed E-state index contributed by atoms with van der Waals surface area (Å²) in [5.74, 6) is -1.76. The van der Waals surface area contributed by atoms with Crippen LogP contribution in [0.1, 0.15) is 25.2 Å². The van der Waals surface area contributed by atoms with Gasteiger partial charge in [-0.2, -0.15) is 5.10 Å². The van der Waals surface area contributed by atoms with Gasteiger partial charge in [-0.15, -0.1) is 0 Å². The molecule has 0 saturated heterocycles. The molecular weight excluding hydrogens is 256 g/mol. The summed E-state index contributed by atoms with van der Waals surface area (Å²) in [5.41, 5.74) is 4.89. The fourth-order valence-corrected chi connectivity index (χ4v) is 1.29. The van der Waals surface area contributed by atoms with Crippen LogP contribution in [-0.2, 0) is 9.59 Å². The number of nitrogens with two attached hydrogens (primary N) is 1. The van der Waals surface area contributed by atoms with Crippen LogP contribution in [0.25, 0.3) is 0 Å². The van der Waals surface area contributed by atoms with Gasteiger partial charge in [0.1, 0.15) is 18.2 Å². The van der Waals surface area contributed by atoms with Crippen molar-refractivity contribution in [3.05, 3.63) is 12.2 Å². The zero-order valence-corrected chi connectivity index (χ0v) is 10.1. The Labute approximate surface area is 107 Å². The molecule has 1 heterocycles. The largest absolute Gasteiger partial charge is 0.480 e. The minimum absolute atomic E-state index is 0.414. The summed E-state index contributed by atoms with van der Waals surface area (Å²) in [4.78, 5) is 36.9. The van der Waals surface area contributed by atoms with Crippen molar-refractivity contribution in [2.24, 2.45) is 5.73 Å². The van der Waals surface area contributed by atoms with Crippen molar-refractivity contribution in [2.45, 2.75) is 25.4 Å². The highest BCUT2D eigenvalue weighted by Crippen LogP contribution is 2.03. The van der Waals surface area contributed by atoms with Crippen LogP contribution >= 0.6 is 0 Å². The van der Waals surface area contributed by atoms with Crippen molar-refractivity contribution in [3.63, 3.8) is 0 Å². The number of aromatic amines is 1. The maximum absolute atomic E-state index is 11.5. The third-order valence-electron chi connectivity index (χ3n) is 2.20. The molecule has 0 aliphatic heterocycles. The summed E-state index contributed by atoms with van der Waals surface area (Å²) in [6.45, 7) is 1.63.